The van der Waals surface area contributed by atoms with Crippen molar-refractivity contribution < 1.29 is 10.2 Å². The van der Waals surface area contributed by atoms with Gasteiger partial charge in [0.2, 0.25) is 5.65 Å². The lowest BCUT2D eigenvalue weighted by Gasteiger charge is -2.09. The summed E-state index contributed by atoms with van der Waals surface area (Å²) in [5.74, 6) is 0.0108. The number of phenols is 1. The average Bonchev–Trinajstić information content (AvgIpc) is 3.13. The Morgan fingerprint density at radius 3 is 2.67 bits per heavy atom. The van der Waals surface area contributed by atoms with Gasteiger partial charge in [0, 0.05) is 24.6 Å². The largest absolute Gasteiger partial charge is 0.505 e. The van der Waals surface area contributed by atoms with E-state index < -0.39 is 0 Å². The molecule has 0 saturated carbocycles. The summed E-state index contributed by atoms with van der Waals surface area (Å²) in [6.45, 7) is -0.00441. The molecule has 0 fully saturated rings. The van der Waals surface area contributed by atoms with E-state index in [0.29, 0.717) is 28.8 Å². The van der Waals surface area contributed by atoms with E-state index in [9.17, 15) is 10.2 Å². The number of pyridine rings is 1. The van der Waals surface area contributed by atoms with Gasteiger partial charge >= 0.3 is 0 Å². The van der Waals surface area contributed by atoms with Crippen molar-refractivity contribution >= 4 is 23.1 Å². The maximum absolute atomic E-state index is 10.8. The van der Waals surface area contributed by atoms with Gasteiger partial charge in [-0.05, 0) is 48.4 Å². The molecule has 2 N–H and O–H groups in total. The van der Waals surface area contributed by atoms with Crippen molar-refractivity contribution in [2.45, 2.75) is 6.42 Å². The Bertz CT molecular complexity index is 1070. The molecule has 7 nitrogen and oxygen atoms in total. The molecule has 2 aromatic heterocycles. The predicted octanol–water partition coefficient (Wildman–Crippen LogP) is 2.81. The molecule has 0 bridgehead atoms. The molecule has 0 atom stereocenters. The van der Waals surface area contributed by atoms with Crippen molar-refractivity contribution in [3.63, 3.8) is 0 Å². The van der Waals surface area contributed by atoms with Crippen molar-refractivity contribution in [3.8, 4) is 11.4 Å². The maximum atomic E-state index is 10.8. The van der Waals surface area contributed by atoms with Crippen LogP contribution in [0.15, 0.2) is 65.8 Å². The van der Waals surface area contributed by atoms with E-state index in [1.807, 2.05) is 30.3 Å². The van der Waals surface area contributed by atoms with Crippen LogP contribution in [0, 0.1) is 0 Å². The van der Waals surface area contributed by atoms with Crippen molar-refractivity contribution in [2.75, 3.05) is 6.61 Å². The van der Waals surface area contributed by atoms with Gasteiger partial charge in [-0.3, -0.25) is 4.99 Å². The molecule has 0 saturated heterocycles. The van der Waals surface area contributed by atoms with Crippen LogP contribution >= 0.6 is 0 Å². The van der Waals surface area contributed by atoms with Crippen LogP contribution in [0.4, 0.5) is 5.69 Å². The monoisotopic (exact) mass is 359 g/mol. The third kappa shape index (κ3) is 3.54. The Labute approximate surface area is 155 Å². The summed E-state index contributed by atoms with van der Waals surface area (Å²) in [5, 5.41) is 28.8. The first-order chi connectivity index (χ1) is 13.2. The van der Waals surface area contributed by atoms with E-state index in [1.54, 1.807) is 36.7 Å². The smallest absolute Gasteiger partial charge is 0.202 e. The van der Waals surface area contributed by atoms with E-state index in [0.717, 1.165) is 11.3 Å². The molecule has 4 aromatic rings. The minimum Gasteiger partial charge on any atom is -0.505 e. The molecule has 0 radical (unpaired) electrons. The van der Waals surface area contributed by atoms with Gasteiger partial charge in [0.25, 0.3) is 0 Å². The van der Waals surface area contributed by atoms with Gasteiger partial charge in [-0.25, -0.2) is 4.98 Å². The molecule has 2 heterocycles. The average molecular weight is 359 g/mol. The molecule has 7 heteroatoms. The summed E-state index contributed by atoms with van der Waals surface area (Å²) in [4.78, 5) is 9.93. The normalized spacial score (nSPS) is 11.4. The topological polar surface area (TPSA) is 96.4 Å². The van der Waals surface area contributed by atoms with Gasteiger partial charge in [0.05, 0.1) is 5.69 Å². The highest BCUT2D eigenvalue weighted by molar-refractivity contribution is 5.87. The minimum absolute atomic E-state index is 0.00441. The van der Waals surface area contributed by atoms with Crippen LogP contribution < -0.4 is 0 Å². The van der Waals surface area contributed by atoms with Crippen molar-refractivity contribution in [3.05, 3.63) is 71.9 Å². The maximum Gasteiger partial charge on any atom is 0.202 e. The number of aliphatic hydroxyl groups is 1. The van der Waals surface area contributed by atoms with Crippen LogP contribution in [0.2, 0.25) is 0 Å². The number of aromatic nitrogens is 4. The standard InChI is InChI=1S/C20H17N5O2/c26-10-8-14-11-15(13-22-16-5-2-1-3-6-16)19(27)18(12-14)25-23-17-7-4-9-21-20(17)24-25/h1-7,9,11-13,26-27H,8,10H2. The van der Waals surface area contributed by atoms with Crippen LogP contribution in [0.1, 0.15) is 11.1 Å². The van der Waals surface area contributed by atoms with E-state index in [2.05, 4.69) is 20.2 Å². The fraction of sp³-hybridized carbons (Fsp3) is 0.100. The molecular formula is C20H17N5O2. The quantitative estimate of drug-likeness (QED) is 0.534. The first-order valence-electron chi connectivity index (χ1n) is 8.49. The van der Waals surface area contributed by atoms with Crippen molar-refractivity contribution in [2.24, 2.45) is 4.99 Å². The number of fused-ring (bicyclic) bond motifs is 1. The first-order valence-corrected chi connectivity index (χ1v) is 8.49. The lowest BCUT2D eigenvalue weighted by Crippen LogP contribution is -2.03. The minimum atomic E-state index is -0.00441. The Balaban J connectivity index is 1.81. The summed E-state index contributed by atoms with van der Waals surface area (Å²) < 4.78 is 0. The highest BCUT2D eigenvalue weighted by Gasteiger charge is 2.14. The van der Waals surface area contributed by atoms with Gasteiger partial charge in [0.1, 0.15) is 11.2 Å². The second kappa shape index (κ2) is 7.35. The lowest BCUT2D eigenvalue weighted by atomic mass is 10.1. The Morgan fingerprint density at radius 1 is 1.04 bits per heavy atom. The second-order valence-corrected chi connectivity index (χ2v) is 5.96. The zero-order valence-corrected chi connectivity index (χ0v) is 14.4. The van der Waals surface area contributed by atoms with Crippen molar-refractivity contribution in [1.82, 2.24) is 20.0 Å². The van der Waals surface area contributed by atoms with Gasteiger partial charge in [-0.2, -0.15) is 0 Å². The highest BCUT2D eigenvalue weighted by Crippen LogP contribution is 2.28. The van der Waals surface area contributed by atoms with Crippen LogP contribution in [0.25, 0.3) is 16.9 Å². The molecule has 0 aliphatic rings. The Morgan fingerprint density at radius 2 is 1.89 bits per heavy atom. The lowest BCUT2D eigenvalue weighted by molar-refractivity contribution is 0.299. The molecule has 0 spiro atoms. The number of para-hydroxylation sites is 1. The zero-order chi connectivity index (χ0) is 18.6. The summed E-state index contributed by atoms with van der Waals surface area (Å²) in [6.07, 6.45) is 3.68. The summed E-state index contributed by atoms with van der Waals surface area (Å²) in [7, 11) is 0. The summed E-state index contributed by atoms with van der Waals surface area (Å²) in [6, 6.07) is 16.6. The SMILES string of the molecule is OCCc1cc(C=Nc2ccccc2)c(O)c(-n2nc3cccnc3n2)c1. The molecule has 4 rings (SSSR count). The summed E-state index contributed by atoms with van der Waals surface area (Å²) in [5.41, 5.74) is 3.67. The third-order valence-corrected chi connectivity index (χ3v) is 4.06. The fourth-order valence-corrected chi connectivity index (χ4v) is 2.75. The van der Waals surface area contributed by atoms with Crippen molar-refractivity contribution in [1.29, 1.82) is 0 Å². The van der Waals surface area contributed by atoms with E-state index in [1.165, 1.54) is 4.80 Å². The Kier molecular flexibility index (Phi) is 4.59. The van der Waals surface area contributed by atoms with E-state index in [4.69, 9.17) is 0 Å². The molecule has 27 heavy (non-hydrogen) atoms. The summed E-state index contributed by atoms with van der Waals surface area (Å²) >= 11 is 0. The van der Waals surface area contributed by atoms with Crippen LogP contribution in [0.3, 0.4) is 0 Å². The predicted molar refractivity (Wildman–Crippen MR) is 103 cm³/mol. The number of aliphatic hydroxyl groups excluding tert-OH is 1. The number of hydrogen-bond donors (Lipinski definition) is 2. The highest BCUT2D eigenvalue weighted by atomic mass is 16.3. The molecule has 0 amide bonds. The number of hydrogen-bond acceptors (Lipinski definition) is 6. The number of rotatable bonds is 5. The number of aliphatic imine (C=N–C) groups is 1. The number of phenolic OH excluding ortho intramolecular Hbond substituents is 1. The number of benzene rings is 2. The van der Waals surface area contributed by atoms with Crippen LogP contribution in [-0.4, -0.2) is 43.0 Å². The van der Waals surface area contributed by atoms with Gasteiger partial charge in [-0.15, -0.1) is 15.0 Å². The van der Waals surface area contributed by atoms with Crippen LogP contribution in [0.5, 0.6) is 5.75 Å². The second-order valence-electron chi connectivity index (χ2n) is 5.96. The molecule has 0 aliphatic carbocycles. The zero-order valence-electron chi connectivity index (χ0n) is 14.4. The first kappa shape index (κ1) is 16.9. The van der Waals surface area contributed by atoms with Gasteiger partial charge in [-0.1, -0.05) is 18.2 Å². The number of aromatic hydroxyl groups is 1. The molecule has 0 aliphatic heterocycles. The number of nitrogens with zero attached hydrogens (tertiary/aromatic N) is 5. The van der Waals surface area contributed by atoms with Crippen LogP contribution in [-0.2, 0) is 6.42 Å². The molecular weight excluding hydrogens is 342 g/mol. The van der Waals surface area contributed by atoms with Gasteiger partial charge < -0.3 is 10.2 Å². The molecule has 0 unspecified atom stereocenters. The van der Waals surface area contributed by atoms with E-state index >= 15 is 0 Å². The molecule has 134 valence electrons. The van der Waals surface area contributed by atoms with E-state index in [-0.39, 0.29) is 12.4 Å². The fourth-order valence-electron chi connectivity index (χ4n) is 2.75. The third-order valence-electron chi connectivity index (χ3n) is 4.06. The Hall–Kier alpha value is -3.58. The molecule has 2 aromatic carbocycles. The van der Waals surface area contributed by atoms with Gasteiger partial charge in [0.15, 0.2) is 5.75 Å².